The third kappa shape index (κ3) is 4.65. The van der Waals surface area contributed by atoms with Gasteiger partial charge in [0.25, 0.3) is 0 Å². The third-order valence-corrected chi connectivity index (χ3v) is 7.35. The molecule has 2 aliphatic rings. The Hall–Kier alpha value is -2.96. The average Bonchev–Trinajstić information content (AvgIpc) is 3.24. The number of aromatic nitrogens is 4. The Kier molecular flexibility index (Phi) is 6.51. The fourth-order valence-corrected chi connectivity index (χ4v) is 5.21. The first kappa shape index (κ1) is 23.8. The van der Waals surface area contributed by atoms with Gasteiger partial charge in [0.2, 0.25) is 15.8 Å². The lowest BCUT2D eigenvalue weighted by Crippen LogP contribution is -2.51. The minimum atomic E-state index is -1.46. The topological polar surface area (TPSA) is 128 Å². The van der Waals surface area contributed by atoms with Crippen LogP contribution in [0.4, 0.5) is 10.2 Å². The number of anilines is 1. The third-order valence-electron chi connectivity index (χ3n) is 6.36. The summed E-state index contributed by atoms with van der Waals surface area (Å²) in [7, 11) is 0. The second-order valence-electron chi connectivity index (χ2n) is 8.65. The van der Waals surface area contributed by atoms with Crippen LogP contribution in [0.2, 0.25) is 5.28 Å². The highest BCUT2D eigenvalue weighted by Gasteiger charge is 2.35. The molecule has 1 atom stereocenters. The summed E-state index contributed by atoms with van der Waals surface area (Å²) in [6.45, 7) is 1.36. The molecule has 35 heavy (non-hydrogen) atoms. The van der Waals surface area contributed by atoms with Gasteiger partial charge in [-0.3, -0.25) is 14.2 Å². The Bertz CT molecular complexity index is 1370. The van der Waals surface area contributed by atoms with Crippen molar-refractivity contribution in [3.8, 4) is 5.13 Å². The van der Waals surface area contributed by atoms with E-state index in [1.807, 2.05) is 0 Å². The van der Waals surface area contributed by atoms with Gasteiger partial charge in [0.05, 0.1) is 17.4 Å². The zero-order valence-electron chi connectivity index (χ0n) is 18.4. The first-order valence-electron chi connectivity index (χ1n) is 11.2. The van der Waals surface area contributed by atoms with Gasteiger partial charge in [0.1, 0.15) is 11.3 Å². The maximum atomic E-state index is 15.0. The van der Waals surface area contributed by atoms with E-state index in [0.717, 1.165) is 49.7 Å². The summed E-state index contributed by atoms with van der Waals surface area (Å²) in [6, 6.07) is 0.973. The summed E-state index contributed by atoms with van der Waals surface area (Å²) < 4.78 is 25.8. The van der Waals surface area contributed by atoms with Crippen LogP contribution in [0, 0.1) is 11.7 Å². The number of pyridine rings is 2. The molecule has 5 heterocycles. The number of hydrogen-bond acceptors (Lipinski definition) is 9. The van der Waals surface area contributed by atoms with Crippen molar-refractivity contribution in [1.29, 1.82) is 0 Å². The predicted molar refractivity (Wildman–Crippen MR) is 126 cm³/mol. The van der Waals surface area contributed by atoms with Crippen molar-refractivity contribution in [2.75, 3.05) is 24.6 Å². The van der Waals surface area contributed by atoms with Gasteiger partial charge in [-0.15, -0.1) is 0 Å². The van der Waals surface area contributed by atoms with Gasteiger partial charge in [0, 0.05) is 43.8 Å². The van der Waals surface area contributed by atoms with E-state index in [-0.39, 0.29) is 45.1 Å². The highest BCUT2D eigenvalue weighted by Crippen LogP contribution is 2.30. The van der Waals surface area contributed by atoms with Gasteiger partial charge in [-0.25, -0.2) is 14.2 Å². The van der Waals surface area contributed by atoms with Gasteiger partial charge in [-0.2, -0.15) is 9.36 Å². The SMILES string of the molecule is O=C(O)c1cn(-c2nc(Cl)ns2)c2nc(N3CC(C(=O)CCC4CCCCO4)C3)c(F)cc2c1=O. The second-order valence-corrected chi connectivity index (χ2v) is 9.72. The Labute approximate surface area is 207 Å². The van der Waals surface area contributed by atoms with Crippen LogP contribution >= 0.6 is 23.1 Å². The molecule has 0 amide bonds. The number of carboxylic acid groups (broad SMARTS) is 1. The lowest BCUT2D eigenvalue weighted by molar-refractivity contribution is -0.124. The smallest absolute Gasteiger partial charge is 0.341 e. The van der Waals surface area contributed by atoms with E-state index in [0.29, 0.717) is 25.9 Å². The molecule has 0 bridgehead atoms. The second kappa shape index (κ2) is 9.59. The molecule has 3 aromatic rings. The van der Waals surface area contributed by atoms with Crippen LogP contribution in [0.15, 0.2) is 17.1 Å². The van der Waals surface area contributed by atoms with Crippen molar-refractivity contribution in [2.24, 2.45) is 5.92 Å². The molecule has 13 heteroatoms. The summed E-state index contributed by atoms with van der Waals surface area (Å²) in [5, 5.41) is 9.34. The van der Waals surface area contributed by atoms with E-state index in [9.17, 15) is 19.5 Å². The molecule has 2 fully saturated rings. The molecule has 0 spiro atoms. The van der Waals surface area contributed by atoms with Crippen LogP contribution in [-0.2, 0) is 9.53 Å². The number of carbonyl (C=O) groups excluding carboxylic acids is 1. The predicted octanol–water partition coefficient (Wildman–Crippen LogP) is 3.08. The lowest BCUT2D eigenvalue weighted by atomic mass is 9.91. The molecule has 0 radical (unpaired) electrons. The highest BCUT2D eigenvalue weighted by atomic mass is 35.5. The van der Waals surface area contributed by atoms with Crippen LogP contribution in [-0.4, -0.2) is 61.6 Å². The maximum Gasteiger partial charge on any atom is 0.341 e. The van der Waals surface area contributed by atoms with E-state index < -0.39 is 22.8 Å². The van der Waals surface area contributed by atoms with E-state index in [4.69, 9.17) is 16.3 Å². The van der Waals surface area contributed by atoms with Crippen molar-refractivity contribution >= 4 is 51.7 Å². The van der Waals surface area contributed by atoms with Crippen LogP contribution < -0.4 is 10.3 Å². The van der Waals surface area contributed by atoms with Gasteiger partial charge in [0.15, 0.2) is 17.3 Å². The number of Topliss-reactive ketones (excluding diaryl/α,β-unsaturated/α-hetero) is 1. The number of rotatable bonds is 7. The fraction of sp³-hybridized carbons (Fsp3) is 0.455. The van der Waals surface area contributed by atoms with Crippen LogP contribution in [0.3, 0.4) is 0 Å². The maximum absolute atomic E-state index is 15.0. The lowest BCUT2D eigenvalue weighted by Gasteiger charge is -2.39. The standard InChI is InChI=1S/C22H21ClFN5O5S/c23-21-26-22(35-27-21)29-10-14(20(32)33)17(31)13-7-15(24)19(25-18(13)29)28-8-11(9-28)16(30)5-4-12-3-1-2-6-34-12/h7,10-12H,1-6,8-9H2,(H,32,33). The number of ketones is 1. The molecule has 184 valence electrons. The molecule has 0 aromatic carbocycles. The first-order valence-corrected chi connectivity index (χ1v) is 12.3. The Morgan fingerprint density at radius 2 is 2.09 bits per heavy atom. The number of hydrogen-bond donors (Lipinski definition) is 1. The zero-order chi connectivity index (χ0) is 24.7. The highest BCUT2D eigenvalue weighted by molar-refractivity contribution is 7.08. The van der Waals surface area contributed by atoms with Crippen LogP contribution in [0.5, 0.6) is 0 Å². The summed E-state index contributed by atoms with van der Waals surface area (Å²) in [5.74, 6) is -2.38. The van der Waals surface area contributed by atoms with Gasteiger partial charge in [-0.05, 0) is 43.4 Å². The molecule has 5 rings (SSSR count). The monoisotopic (exact) mass is 521 g/mol. The van der Waals surface area contributed by atoms with E-state index in [1.165, 1.54) is 4.57 Å². The van der Waals surface area contributed by atoms with Crippen molar-refractivity contribution in [3.05, 3.63) is 39.2 Å². The minimum absolute atomic E-state index is 0.0217. The number of fused-ring (bicyclic) bond motifs is 1. The molecular weight excluding hydrogens is 501 g/mol. The Morgan fingerprint density at radius 1 is 1.29 bits per heavy atom. The largest absolute Gasteiger partial charge is 0.477 e. The van der Waals surface area contributed by atoms with E-state index in [1.54, 1.807) is 4.90 Å². The number of halogens is 2. The molecule has 0 saturated carbocycles. The van der Waals surface area contributed by atoms with E-state index >= 15 is 4.39 Å². The van der Waals surface area contributed by atoms with Crippen molar-refractivity contribution in [1.82, 2.24) is 18.9 Å². The number of aromatic carboxylic acids is 1. The Morgan fingerprint density at radius 3 is 2.74 bits per heavy atom. The van der Waals surface area contributed by atoms with Crippen molar-refractivity contribution in [2.45, 2.75) is 38.2 Å². The number of carboxylic acids is 1. The summed E-state index contributed by atoms with van der Waals surface area (Å²) in [6.07, 6.45) is 5.47. The summed E-state index contributed by atoms with van der Waals surface area (Å²) >= 11 is 6.70. The molecule has 0 aliphatic carbocycles. The summed E-state index contributed by atoms with van der Waals surface area (Å²) in [4.78, 5) is 46.9. The number of ether oxygens (including phenoxy) is 1. The van der Waals surface area contributed by atoms with Crippen LogP contribution in [0.25, 0.3) is 16.2 Å². The number of nitrogens with zero attached hydrogens (tertiary/aromatic N) is 5. The van der Waals surface area contributed by atoms with Gasteiger partial charge < -0.3 is 14.7 Å². The van der Waals surface area contributed by atoms with Crippen molar-refractivity contribution < 1.29 is 23.8 Å². The molecule has 2 aliphatic heterocycles. The number of carbonyl (C=O) groups is 2. The van der Waals surface area contributed by atoms with Crippen LogP contribution in [0.1, 0.15) is 42.5 Å². The molecular formula is C22H21ClFN5O5S. The summed E-state index contributed by atoms with van der Waals surface area (Å²) in [5.41, 5.74) is -1.40. The molecule has 1 N–H and O–H groups in total. The van der Waals surface area contributed by atoms with Crippen molar-refractivity contribution in [3.63, 3.8) is 0 Å². The quantitative estimate of drug-likeness (QED) is 0.498. The van der Waals surface area contributed by atoms with Gasteiger partial charge >= 0.3 is 5.97 Å². The molecule has 1 unspecified atom stereocenters. The molecule has 10 nitrogen and oxygen atoms in total. The zero-order valence-corrected chi connectivity index (χ0v) is 20.0. The minimum Gasteiger partial charge on any atom is -0.477 e. The molecule has 3 aromatic heterocycles. The first-order chi connectivity index (χ1) is 16.8. The normalized spacial score (nSPS) is 18.6. The Balaban J connectivity index is 1.40. The fourth-order valence-electron chi connectivity index (χ4n) is 4.43. The average molecular weight is 522 g/mol. The molecule has 2 saturated heterocycles. The van der Waals surface area contributed by atoms with E-state index in [2.05, 4.69) is 14.3 Å². The van der Waals surface area contributed by atoms with Gasteiger partial charge in [-0.1, -0.05) is 0 Å².